The highest BCUT2D eigenvalue weighted by molar-refractivity contribution is 6.06. The number of rotatable bonds is 2. The van der Waals surface area contributed by atoms with E-state index in [2.05, 4.69) is 4.98 Å². The summed E-state index contributed by atoms with van der Waals surface area (Å²) in [5, 5.41) is 5.49. The molecule has 2 bridgehead atoms. The number of amides is 1. The Morgan fingerprint density at radius 1 is 1.09 bits per heavy atom. The topological polar surface area (TPSA) is 56.0 Å². The lowest BCUT2D eigenvalue weighted by molar-refractivity contribution is 0.0394. The molecule has 2 aliphatic rings. The monoisotopic (exact) mass is 465 g/mol. The van der Waals surface area contributed by atoms with Crippen LogP contribution in [0.2, 0.25) is 0 Å². The van der Waals surface area contributed by atoms with Crippen LogP contribution in [0.15, 0.2) is 36.7 Å². The third kappa shape index (κ3) is 2.92. The van der Waals surface area contributed by atoms with Gasteiger partial charge in [-0.15, -0.1) is 0 Å². The Labute approximate surface area is 193 Å². The maximum atomic E-state index is 14.0. The molecular weight excluding hydrogens is 443 g/mol. The molecule has 5 heterocycles. The standard InChI is InChI=1S/C25H22F3N5O/c1-31-9-7-15-16(6-8-29-24(15)31)25(34)33-14-4-3-5-20(33)22-17(12-14)23(32(2)30-22)13-10-18(26)21(28)19(27)11-13/h6-11,14,20H,3-5,12H2,1-2H3/t14-,20+/m1/s1. The number of halogens is 3. The molecule has 34 heavy (non-hydrogen) atoms. The van der Waals surface area contributed by atoms with E-state index in [1.165, 1.54) is 0 Å². The van der Waals surface area contributed by atoms with E-state index in [0.717, 1.165) is 53.7 Å². The van der Waals surface area contributed by atoms with Crippen molar-refractivity contribution in [1.82, 2.24) is 24.2 Å². The largest absolute Gasteiger partial charge is 0.336 e. The van der Waals surface area contributed by atoms with Gasteiger partial charge in [0.05, 0.1) is 23.0 Å². The first kappa shape index (κ1) is 20.9. The Morgan fingerprint density at radius 3 is 2.62 bits per heavy atom. The Bertz CT molecular complexity index is 1450. The van der Waals surface area contributed by atoms with E-state index in [1.807, 2.05) is 28.8 Å². The number of hydrogen-bond acceptors (Lipinski definition) is 3. The molecule has 0 unspecified atom stereocenters. The maximum absolute atomic E-state index is 14.0. The second kappa shape index (κ2) is 7.44. The van der Waals surface area contributed by atoms with Gasteiger partial charge in [0.15, 0.2) is 17.5 Å². The minimum atomic E-state index is -1.49. The Balaban J connectivity index is 1.46. The number of carbonyl (C=O) groups excluding carboxylic acids is 1. The normalized spacial score (nSPS) is 19.5. The number of benzene rings is 1. The number of aryl methyl sites for hydroxylation is 2. The van der Waals surface area contributed by atoms with Crippen molar-refractivity contribution < 1.29 is 18.0 Å². The van der Waals surface area contributed by atoms with Crippen LogP contribution in [0.3, 0.4) is 0 Å². The number of hydrogen-bond donors (Lipinski definition) is 0. The summed E-state index contributed by atoms with van der Waals surface area (Å²) < 4.78 is 45.1. The van der Waals surface area contributed by atoms with E-state index in [1.54, 1.807) is 24.0 Å². The van der Waals surface area contributed by atoms with Crippen LogP contribution in [0.1, 0.15) is 46.9 Å². The molecule has 6 rings (SSSR count). The van der Waals surface area contributed by atoms with Crippen LogP contribution in [0.5, 0.6) is 0 Å². The molecule has 2 aliphatic heterocycles. The van der Waals surface area contributed by atoms with Crippen LogP contribution in [-0.4, -0.2) is 36.2 Å². The fraction of sp³-hybridized carbons (Fsp3) is 0.320. The van der Waals surface area contributed by atoms with Crippen molar-refractivity contribution >= 4 is 16.9 Å². The third-order valence-electron chi connectivity index (χ3n) is 7.17. The van der Waals surface area contributed by atoms with E-state index in [-0.39, 0.29) is 23.6 Å². The second-order valence-corrected chi connectivity index (χ2v) is 9.13. The molecule has 1 fully saturated rings. The van der Waals surface area contributed by atoms with Gasteiger partial charge in [-0.2, -0.15) is 5.10 Å². The lowest BCUT2D eigenvalue weighted by Crippen LogP contribution is -2.49. The number of piperidine rings is 1. The first-order valence-corrected chi connectivity index (χ1v) is 11.3. The number of pyridine rings is 1. The molecule has 2 atom stereocenters. The molecule has 1 amide bonds. The Morgan fingerprint density at radius 2 is 1.85 bits per heavy atom. The van der Waals surface area contributed by atoms with E-state index in [0.29, 0.717) is 17.7 Å². The van der Waals surface area contributed by atoms with E-state index in [9.17, 15) is 18.0 Å². The molecule has 0 N–H and O–H groups in total. The van der Waals surface area contributed by atoms with Crippen molar-refractivity contribution in [3.05, 3.63) is 70.9 Å². The minimum absolute atomic E-state index is 0.0648. The van der Waals surface area contributed by atoms with Crippen molar-refractivity contribution in [3.63, 3.8) is 0 Å². The molecule has 1 saturated heterocycles. The first-order valence-electron chi connectivity index (χ1n) is 11.3. The predicted octanol–water partition coefficient (Wildman–Crippen LogP) is 4.68. The highest BCUT2D eigenvalue weighted by Gasteiger charge is 2.44. The summed E-state index contributed by atoms with van der Waals surface area (Å²) in [4.78, 5) is 20.2. The molecule has 174 valence electrons. The second-order valence-electron chi connectivity index (χ2n) is 9.13. The summed E-state index contributed by atoms with van der Waals surface area (Å²) in [6, 6.07) is 5.36. The van der Waals surface area contributed by atoms with Gasteiger partial charge in [-0.25, -0.2) is 18.2 Å². The zero-order valence-corrected chi connectivity index (χ0v) is 18.7. The number of carbonyl (C=O) groups is 1. The first-order chi connectivity index (χ1) is 16.3. The molecule has 9 heteroatoms. The molecule has 0 spiro atoms. The van der Waals surface area contributed by atoms with Crippen molar-refractivity contribution in [3.8, 4) is 11.3 Å². The highest BCUT2D eigenvalue weighted by atomic mass is 19.2. The van der Waals surface area contributed by atoms with Gasteiger partial charge in [-0.1, -0.05) is 0 Å². The number of aromatic nitrogens is 4. The van der Waals surface area contributed by atoms with Crippen LogP contribution in [0, 0.1) is 17.5 Å². The summed E-state index contributed by atoms with van der Waals surface area (Å²) >= 11 is 0. The van der Waals surface area contributed by atoms with Crippen LogP contribution >= 0.6 is 0 Å². The summed E-state index contributed by atoms with van der Waals surface area (Å²) in [5.74, 6) is -4.02. The van der Waals surface area contributed by atoms with E-state index < -0.39 is 17.5 Å². The smallest absolute Gasteiger partial charge is 0.255 e. The number of fused-ring (bicyclic) bond motifs is 5. The zero-order chi connectivity index (χ0) is 23.7. The molecule has 1 aromatic carbocycles. The fourth-order valence-electron chi connectivity index (χ4n) is 5.69. The van der Waals surface area contributed by atoms with Crippen LogP contribution < -0.4 is 0 Å². The minimum Gasteiger partial charge on any atom is -0.336 e. The number of nitrogens with zero attached hydrogens (tertiary/aromatic N) is 5. The average molecular weight is 465 g/mol. The molecule has 0 radical (unpaired) electrons. The van der Waals surface area contributed by atoms with Gasteiger partial charge < -0.3 is 9.47 Å². The molecule has 0 aliphatic carbocycles. The Hall–Kier alpha value is -3.62. The van der Waals surface area contributed by atoms with Crippen molar-refractivity contribution in [1.29, 1.82) is 0 Å². The quantitative estimate of drug-likeness (QED) is 0.404. The van der Waals surface area contributed by atoms with Gasteiger partial charge in [0.1, 0.15) is 5.65 Å². The van der Waals surface area contributed by atoms with Gasteiger partial charge in [-0.05, 0) is 49.9 Å². The van der Waals surface area contributed by atoms with Crippen LogP contribution in [0.4, 0.5) is 13.2 Å². The summed E-state index contributed by atoms with van der Waals surface area (Å²) in [5.41, 5.74) is 3.76. The lowest BCUT2D eigenvalue weighted by atomic mass is 9.81. The molecular formula is C25H22F3N5O. The van der Waals surface area contributed by atoms with E-state index >= 15 is 0 Å². The fourth-order valence-corrected chi connectivity index (χ4v) is 5.69. The van der Waals surface area contributed by atoms with Gasteiger partial charge in [0, 0.05) is 49.0 Å². The SMILES string of the molecule is Cn1nc2c(c1-c1cc(F)c(F)c(F)c1)C[C@H]1CCC[C@@H]2N1C(=O)c1ccnc2c1ccn2C. The maximum Gasteiger partial charge on any atom is 0.255 e. The molecule has 3 aromatic heterocycles. The summed E-state index contributed by atoms with van der Waals surface area (Å²) in [7, 11) is 3.60. The molecule has 6 nitrogen and oxygen atoms in total. The predicted molar refractivity (Wildman–Crippen MR) is 119 cm³/mol. The van der Waals surface area contributed by atoms with Crippen molar-refractivity contribution in [2.45, 2.75) is 37.8 Å². The van der Waals surface area contributed by atoms with E-state index in [4.69, 9.17) is 5.10 Å². The van der Waals surface area contributed by atoms with Crippen LogP contribution in [-0.2, 0) is 20.5 Å². The van der Waals surface area contributed by atoms with Crippen molar-refractivity contribution in [2.75, 3.05) is 0 Å². The van der Waals surface area contributed by atoms with Crippen LogP contribution in [0.25, 0.3) is 22.3 Å². The van der Waals surface area contributed by atoms with Gasteiger partial charge >= 0.3 is 0 Å². The summed E-state index contributed by atoms with van der Waals surface area (Å²) in [6.07, 6.45) is 6.59. The zero-order valence-electron chi connectivity index (χ0n) is 18.7. The van der Waals surface area contributed by atoms with Crippen molar-refractivity contribution in [2.24, 2.45) is 14.1 Å². The summed E-state index contributed by atoms with van der Waals surface area (Å²) in [6.45, 7) is 0. The van der Waals surface area contributed by atoms with Gasteiger partial charge in [0.2, 0.25) is 0 Å². The van der Waals surface area contributed by atoms with Gasteiger partial charge in [-0.3, -0.25) is 9.48 Å². The average Bonchev–Trinajstić information content (AvgIpc) is 3.35. The molecule has 0 saturated carbocycles. The lowest BCUT2D eigenvalue weighted by Gasteiger charge is -2.45. The molecule has 4 aromatic rings. The van der Waals surface area contributed by atoms with Gasteiger partial charge in [0.25, 0.3) is 5.91 Å². The Kier molecular flexibility index (Phi) is 4.59. The highest BCUT2D eigenvalue weighted by Crippen LogP contribution is 2.45. The third-order valence-corrected chi connectivity index (χ3v) is 7.17.